The lowest BCUT2D eigenvalue weighted by Gasteiger charge is -2.23. The topological polar surface area (TPSA) is 59.0 Å². The Morgan fingerprint density at radius 3 is 2.61 bits per heavy atom. The molecule has 2 aliphatic heterocycles. The van der Waals surface area contributed by atoms with Gasteiger partial charge < -0.3 is 14.6 Å². The summed E-state index contributed by atoms with van der Waals surface area (Å²) in [7, 11) is 0. The van der Waals surface area contributed by atoms with Gasteiger partial charge in [0.15, 0.2) is 0 Å². The summed E-state index contributed by atoms with van der Waals surface area (Å²) in [5.41, 5.74) is 1.15. The number of ether oxygens (including phenoxy) is 2. The Morgan fingerprint density at radius 2 is 1.89 bits per heavy atom. The molecule has 1 N–H and O–H groups in total. The second kappa shape index (κ2) is 10.5. The lowest BCUT2D eigenvalue weighted by atomic mass is 9.97. The van der Waals surface area contributed by atoms with Crippen molar-refractivity contribution in [3.8, 4) is 22.6 Å². The van der Waals surface area contributed by atoms with E-state index in [2.05, 4.69) is 0 Å². The molecule has 1 saturated heterocycles. The van der Waals surface area contributed by atoms with Crippen molar-refractivity contribution in [1.82, 2.24) is 4.90 Å². The molecule has 0 aromatic heterocycles. The van der Waals surface area contributed by atoms with Crippen LogP contribution in [0.4, 0.5) is 17.6 Å². The zero-order valence-electron chi connectivity index (χ0n) is 20.3. The third-order valence-corrected chi connectivity index (χ3v) is 6.75. The van der Waals surface area contributed by atoms with Gasteiger partial charge in [-0.25, -0.2) is 4.39 Å². The Balaban J connectivity index is 1.29. The smallest absolute Gasteiger partial charge is 0.417 e. The predicted molar refractivity (Wildman–Crippen MR) is 133 cm³/mol. The number of hydrogen-bond acceptors (Lipinski definition) is 4. The number of halogens is 4. The minimum absolute atomic E-state index is 0.0741. The number of fused-ring (bicyclic) bond motifs is 1. The molecule has 5 rings (SSSR count). The van der Waals surface area contributed by atoms with Gasteiger partial charge in [0.2, 0.25) is 0 Å². The quantitative estimate of drug-likeness (QED) is 0.367. The molecule has 0 radical (unpaired) electrons. The fraction of sp³-hybridized carbons (Fsp3) is 0.276. The summed E-state index contributed by atoms with van der Waals surface area (Å²) in [5.74, 6) is -1.36. The summed E-state index contributed by atoms with van der Waals surface area (Å²) in [6.07, 6.45) is -2.28. The van der Waals surface area contributed by atoms with Gasteiger partial charge in [0.25, 0.3) is 0 Å². The molecule has 0 bridgehead atoms. The third-order valence-electron chi connectivity index (χ3n) is 6.75. The fourth-order valence-electron chi connectivity index (χ4n) is 4.84. The van der Waals surface area contributed by atoms with Crippen LogP contribution in [0, 0.1) is 11.7 Å². The zero-order chi connectivity index (χ0) is 26.9. The summed E-state index contributed by atoms with van der Waals surface area (Å²) in [5, 5.41) is 9.18. The highest BCUT2D eigenvalue weighted by molar-refractivity contribution is 5.71. The molecular weight excluding hydrogens is 502 g/mol. The number of carbonyl (C=O) groups is 1. The first-order chi connectivity index (χ1) is 18.2. The molecule has 0 amide bonds. The van der Waals surface area contributed by atoms with Crippen molar-refractivity contribution < 1.29 is 36.9 Å². The molecule has 3 aromatic carbocycles. The summed E-state index contributed by atoms with van der Waals surface area (Å²) in [6, 6.07) is 15.1. The standard InChI is InChI=1S/C29H25F4NO4/c30-26-12-22(13-27-24(26)10-19(17-38-27)14-34-9-8-21(15-34)28(35)36)37-16-18-6-7-23(20-4-2-1-3-5-20)25(11-18)29(31,32)33/h1-7,10-13,21H,8-9,14-17H2,(H,35,36). The molecule has 1 fully saturated rings. The lowest BCUT2D eigenvalue weighted by molar-refractivity contribution is -0.141. The second-order valence-electron chi connectivity index (χ2n) is 9.50. The van der Waals surface area contributed by atoms with Crippen LogP contribution in [0.25, 0.3) is 17.2 Å². The molecule has 0 aliphatic carbocycles. The van der Waals surface area contributed by atoms with Crippen molar-refractivity contribution in [3.63, 3.8) is 0 Å². The normalized spacial score (nSPS) is 17.5. The first-order valence-corrected chi connectivity index (χ1v) is 12.2. The Kier molecular flexibility index (Phi) is 7.12. The SMILES string of the molecule is O=C(O)C1CCN(CC2=Cc3c(F)cc(OCc4ccc(-c5ccccc5)c(C(F)(F)F)c4)cc3OC2)C1. The molecule has 5 nitrogen and oxygen atoms in total. The molecule has 0 spiro atoms. The molecule has 2 heterocycles. The van der Waals surface area contributed by atoms with Crippen LogP contribution in [0.3, 0.4) is 0 Å². The summed E-state index contributed by atoms with van der Waals surface area (Å²) in [4.78, 5) is 13.2. The lowest BCUT2D eigenvalue weighted by Crippen LogP contribution is -2.27. The van der Waals surface area contributed by atoms with Crippen molar-refractivity contribution in [2.24, 2.45) is 5.92 Å². The number of alkyl halides is 3. The van der Waals surface area contributed by atoms with Crippen molar-refractivity contribution in [3.05, 3.63) is 88.7 Å². The minimum atomic E-state index is -4.55. The Labute approximate surface area is 216 Å². The monoisotopic (exact) mass is 527 g/mol. The van der Waals surface area contributed by atoms with Crippen molar-refractivity contribution in [2.75, 3.05) is 26.2 Å². The summed E-state index contributed by atoms with van der Waals surface area (Å²) in [6.45, 7) is 1.62. The maximum absolute atomic E-state index is 14.9. The van der Waals surface area contributed by atoms with Crippen LogP contribution in [0.1, 0.15) is 23.1 Å². The van der Waals surface area contributed by atoms with Crippen molar-refractivity contribution in [1.29, 1.82) is 0 Å². The van der Waals surface area contributed by atoms with Crippen LogP contribution in [0.15, 0.2) is 66.2 Å². The summed E-state index contributed by atoms with van der Waals surface area (Å²) >= 11 is 0. The number of carboxylic acids is 1. The number of benzene rings is 3. The number of aliphatic carboxylic acids is 1. The second-order valence-corrected chi connectivity index (χ2v) is 9.50. The highest BCUT2D eigenvalue weighted by Crippen LogP contribution is 2.38. The van der Waals surface area contributed by atoms with Crippen molar-refractivity contribution in [2.45, 2.75) is 19.2 Å². The fourth-order valence-corrected chi connectivity index (χ4v) is 4.84. The van der Waals surface area contributed by atoms with E-state index in [1.807, 2.05) is 4.90 Å². The molecule has 1 atom stereocenters. The van der Waals surface area contributed by atoms with E-state index in [-0.39, 0.29) is 35.8 Å². The first kappa shape index (κ1) is 25.8. The van der Waals surface area contributed by atoms with E-state index >= 15 is 0 Å². The molecule has 3 aromatic rings. The van der Waals surface area contributed by atoms with Crippen LogP contribution in [0.2, 0.25) is 0 Å². The van der Waals surface area contributed by atoms with E-state index in [1.54, 1.807) is 42.5 Å². The van der Waals surface area contributed by atoms with Gasteiger partial charge in [-0.05, 0) is 47.4 Å². The molecule has 198 valence electrons. The van der Waals surface area contributed by atoms with E-state index in [0.29, 0.717) is 37.2 Å². The van der Waals surface area contributed by atoms with Gasteiger partial charge >= 0.3 is 12.1 Å². The summed E-state index contributed by atoms with van der Waals surface area (Å²) < 4.78 is 67.7. The Morgan fingerprint density at radius 1 is 1.11 bits per heavy atom. The van der Waals surface area contributed by atoms with Crippen LogP contribution in [-0.4, -0.2) is 42.2 Å². The highest BCUT2D eigenvalue weighted by atomic mass is 19.4. The van der Waals surface area contributed by atoms with Crippen LogP contribution in [0.5, 0.6) is 11.5 Å². The van der Waals surface area contributed by atoms with Crippen molar-refractivity contribution >= 4 is 12.0 Å². The number of carboxylic acid groups (broad SMARTS) is 1. The van der Waals surface area contributed by atoms with Gasteiger partial charge in [-0.2, -0.15) is 13.2 Å². The van der Waals surface area contributed by atoms with Crippen LogP contribution < -0.4 is 9.47 Å². The predicted octanol–water partition coefficient (Wildman–Crippen LogP) is 6.27. The van der Waals surface area contributed by atoms with Gasteiger partial charge in [-0.1, -0.05) is 42.5 Å². The van der Waals surface area contributed by atoms with E-state index < -0.39 is 29.4 Å². The minimum Gasteiger partial charge on any atom is -0.489 e. The molecule has 2 aliphatic rings. The number of hydrogen-bond donors (Lipinski definition) is 1. The Bertz CT molecular complexity index is 1370. The van der Waals surface area contributed by atoms with E-state index in [1.165, 1.54) is 18.2 Å². The Hall–Kier alpha value is -3.85. The average molecular weight is 528 g/mol. The maximum Gasteiger partial charge on any atom is 0.417 e. The number of rotatable bonds is 7. The molecular formula is C29H25F4NO4. The van der Waals surface area contributed by atoms with E-state index in [0.717, 1.165) is 11.6 Å². The molecule has 9 heteroatoms. The van der Waals surface area contributed by atoms with Gasteiger partial charge in [-0.3, -0.25) is 9.69 Å². The third kappa shape index (κ3) is 5.67. The maximum atomic E-state index is 14.9. The number of likely N-dealkylation sites (tertiary alicyclic amines) is 1. The number of nitrogens with zero attached hydrogens (tertiary/aromatic N) is 1. The van der Waals surface area contributed by atoms with Gasteiger partial charge in [-0.15, -0.1) is 0 Å². The van der Waals surface area contributed by atoms with Gasteiger partial charge in [0.05, 0.1) is 17.0 Å². The molecule has 38 heavy (non-hydrogen) atoms. The van der Waals surface area contributed by atoms with E-state index in [4.69, 9.17) is 9.47 Å². The van der Waals surface area contributed by atoms with Crippen LogP contribution in [-0.2, 0) is 17.6 Å². The molecule has 0 saturated carbocycles. The van der Waals surface area contributed by atoms with Gasteiger partial charge in [0.1, 0.15) is 30.5 Å². The zero-order valence-corrected chi connectivity index (χ0v) is 20.3. The average Bonchev–Trinajstić information content (AvgIpc) is 3.37. The largest absolute Gasteiger partial charge is 0.489 e. The first-order valence-electron chi connectivity index (χ1n) is 12.2. The highest BCUT2D eigenvalue weighted by Gasteiger charge is 2.34. The van der Waals surface area contributed by atoms with Gasteiger partial charge in [0, 0.05) is 25.2 Å². The van der Waals surface area contributed by atoms with E-state index in [9.17, 15) is 27.5 Å². The van der Waals surface area contributed by atoms with Crippen LogP contribution >= 0.6 is 0 Å². The molecule has 1 unspecified atom stereocenters.